The van der Waals surface area contributed by atoms with Crippen molar-refractivity contribution in [2.45, 2.75) is 57.7 Å². The Labute approximate surface area is 105 Å². The van der Waals surface area contributed by atoms with Crippen molar-refractivity contribution in [2.75, 3.05) is 24.6 Å². The Hall–Kier alpha value is 0.270. The molecule has 2 rings (SSSR count). The van der Waals surface area contributed by atoms with Crippen LogP contribution in [0.15, 0.2) is 0 Å². The van der Waals surface area contributed by atoms with Gasteiger partial charge in [0.05, 0.1) is 0 Å². The summed E-state index contributed by atoms with van der Waals surface area (Å²) in [4.78, 5) is 2.78. The third-order valence-corrected chi connectivity index (χ3v) is 5.41. The number of hydrogen-bond donors (Lipinski definition) is 1. The first-order valence-electron chi connectivity index (χ1n) is 6.73. The van der Waals surface area contributed by atoms with Gasteiger partial charge in [-0.25, -0.2) is 0 Å². The summed E-state index contributed by atoms with van der Waals surface area (Å²) in [5, 5.41) is 3.72. The minimum Gasteiger partial charge on any atom is -0.309 e. The lowest BCUT2D eigenvalue weighted by Gasteiger charge is -2.49. The maximum atomic E-state index is 3.72. The van der Waals surface area contributed by atoms with Crippen LogP contribution in [0.4, 0.5) is 0 Å². The molecule has 2 atom stereocenters. The van der Waals surface area contributed by atoms with E-state index in [4.69, 9.17) is 0 Å². The maximum Gasteiger partial charge on any atom is 0.0278 e. The van der Waals surface area contributed by atoms with Crippen LogP contribution in [0.5, 0.6) is 0 Å². The molecule has 0 radical (unpaired) electrons. The molecule has 2 nitrogen and oxygen atoms in total. The topological polar surface area (TPSA) is 15.3 Å². The molecule has 0 amide bonds. The highest BCUT2D eigenvalue weighted by Crippen LogP contribution is 2.27. The average molecular weight is 242 g/mol. The molecular formula is C13H26N2S. The van der Waals surface area contributed by atoms with Crippen LogP contribution in [-0.4, -0.2) is 47.1 Å². The third kappa shape index (κ3) is 2.74. The van der Waals surface area contributed by atoms with E-state index < -0.39 is 0 Å². The third-order valence-electron chi connectivity index (χ3n) is 4.36. The van der Waals surface area contributed by atoms with Gasteiger partial charge in [0.25, 0.3) is 0 Å². The first-order valence-corrected chi connectivity index (χ1v) is 7.88. The van der Waals surface area contributed by atoms with Crippen LogP contribution in [0.1, 0.15) is 40.0 Å². The number of hydrogen-bond acceptors (Lipinski definition) is 3. The molecule has 2 aliphatic rings. The van der Waals surface area contributed by atoms with Crippen molar-refractivity contribution in [2.24, 2.45) is 0 Å². The number of thioether (sulfide) groups is 1. The summed E-state index contributed by atoms with van der Waals surface area (Å²) in [7, 11) is 0. The van der Waals surface area contributed by atoms with Crippen molar-refractivity contribution < 1.29 is 0 Å². The standard InChI is InChI=1S/C13H26N2S/c1-4-13(3)10-15(11(2)9-14-13)12-5-7-16-8-6-12/h11-12,14H,4-10H2,1-3H3. The molecule has 0 aromatic heterocycles. The fraction of sp³-hybridized carbons (Fsp3) is 1.00. The quantitative estimate of drug-likeness (QED) is 0.800. The Kier molecular flexibility index (Phi) is 4.20. The molecule has 2 unspecified atom stereocenters. The van der Waals surface area contributed by atoms with Crippen LogP contribution in [0, 0.1) is 0 Å². The lowest BCUT2D eigenvalue weighted by molar-refractivity contribution is 0.0501. The number of nitrogens with one attached hydrogen (secondary N) is 1. The van der Waals surface area contributed by atoms with Gasteiger partial charge in [-0.15, -0.1) is 0 Å². The van der Waals surface area contributed by atoms with Crippen LogP contribution in [0.25, 0.3) is 0 Å². The van der Waals surface area contributed by atoms with E-state index in [2.05, 4.69) is 42.7 Å². The molecule has 2 aliphatic heterocycles. The molecular weight excluding hydrogens is 216 g/mol. The van der Waals surface area contributed by atoms with Crippen LogP contribution >= 0.6 is 11.8 Å². The Morgan fingerprint density at radius 3 is 2.69 bits per heavy atom. The normalized spacial score (nSPS) is 38.8. The van der Waals surface area contributed by atoms with Crippen LogP contribution in [0.3, 0.4) is 0 Å². The first-order chi connectivity index (χ1) is 7.64. The van der Waals surface area contributed by atoms with Gasteiger partial charge in [0, 0.05) is 30.7 Å². The largest absolute Gasteiger partial charge is 0.309 e. The lowest BCUT2D eigenvalue weighted by atomic mass is 9.91. The van der Waals surface area contributed by atoms with Gasteiger partial charge in [0.1, 0.15) is 0 Å². The molecule has 2 heterocycles. The number of nitrogens with zero attached hydrogens (tertiary/aromatic N) is 1. The Balaban J connectivity index is 2.00. The summed E-state index contributed by atoms with van der Waals surface area (Å²) in [5.41, 5.74) is 0.344. The molecule has 0 spiro atoms. The highest BCUT2D eigenvalue weighted by atomic mass is 32.2. The first kappa shape index (κ1) is 12.7. The SMILES string of the molecule is CCC1(C)CN(C2CCSCC2)C(C)CN1. The minimum absolute atomic E-state index is 0.344. The zero-order chi connectivity index (χ0) is 11.6. The van der Waals surface area contributed by atoms with Gasteiger partial charge >= 0.3 is 0 Å². The van der Waals surface area contributed by atoms with E-state index >= 15 is 0 Å². The average Bonchev–Trinajstić information content (AvgIpc) is 2.34. The molecule has 0 aromatic carbocycles. The van der Waals surface area contributed by atoms with Gasteiger partial charge in [-0.3, -0.25) is 4.90 Å². The predicted molar refractivity (Wildman–Crippen MR) is 73.2 cm³/mol. The van der Waals surface area contributed by atoms with Crippen molar-refractivity contribution in [1.29, 1.82) is 0 Å². The molecule has 0 saturated carbocycles. The monoisotopic (exact) mass is 242 g/mol. The van der Waals surface area contributed by atoms with Crippen molar-refractivity contribution in [3.8, 4) is 0 Å². The molecule has 3 heteroatoms. The Morgan fingerprint density at radius 2 is 2.06 bits per heavy atom. The lowest BCUT2D eigenvalue weighted by Crippen LogP contribution is -2.64. The molecule has 0 aliphatic carbocycles. The van der Waals surface area contributed by atoms with E-state index in [1.807, 2.05) is 0 Å². The highest BCUT2D eigenvalue weighted by Gasteiger charge is 2.36. The second-order valence-corrected chi connectivity index (χ2v) is 6.88. The fourth-order valence-electron chi connectivity index (χ4n) is 2.87. The van der Waals surface area contributed by atoms with Gasteiger partial charge in [0.15, 0.2) is 0 Å². The summed E-state index contributed by atoms with van der Waals surface area (Å²) < 4.78 is 0. The van der Waals surface area contributed by atoms with Crippen molar-refractivity contribution in [3.63, 3.8) is 0 Å². The van der Waals surface area contributed by atoms with Crippen LogP contribution in [0.2, 0.25) is 0 Å². The van der Waals surface area contributed by atoms with Gasteiger partial charge in [0.2, 0.25) is 0 Å². The molecule has 0 aromatic rings. The summed E-state index contributed by atoms with van der Waals surface area (Å²) in [6, 6.07) is 1.57. The van der Waals surface area contributed by atoms with Gasteiger partial charge < -0.3 is 5.32 Å². The summed E-state index contributed by atoms with van der Waals surface area (Å²) in [6.45, 7) is 9.46. The van der Waals surface area contributed by atoms with Crippen LogP contribution in [-0.2, 0) is 0 Å². The van der Waals surface area contributed by atoms with Gasteiger partial charge in [-0.2, -0.15) is 11.8 Å². The van der Waals surface area contributed by atoms with E-state index in [0.29, 0.717) is 11.6 Å². The molecule has 2 saturated heterocycles. The molecule has 1 N–H and O–H groups in total. The zero-order valence-electron chi connectivity index (χ0n) is 11.0. The van der Waals surface area contributed by atoms with E-state index in [1.165, 1.54) is 37.3 Å². The maximum absolute atomic E-state index is 3.72. The second kappa shape index (κ2) is 5.28. The number of piperazine rings is 1. The molecule has 94 valence electrons. The highest BCUT2D eigenvalue weighted by molar-refractivity contribution is 7.99. The van der Waals surface area contributed by atoms with Gasteiger partial charge in [-0.1, -0.05) is 6.92 Å². The smallest absolute Gasteiger partial charge is 0.0278 e. The fourth-order valence-corrected chi connectivity index (χ4v) is 3.95. The van der Waals surface area contributed by atoms with Crippen molar-refractivity contribution in [3.05, 3.63) is 0 Å². The van der Waals surface area contributed by atoms with E-state index in [0.717, 1.165) is 12.6 Å². The second-order valence-electron chi connectivity index (χ2n) is 5.66. The predicted octanol–water partition coefficient (Wildman–Crippen LogP) is 2.34. The summed E-state index contributed by atoms with van der Waals surface area (Å²) in [5.74, 6) is 2.73. The summed E-state index contributed by atoms with van der Waals surface area (Å²) >= 11 is 2.13. The van der Waals surface area contributed by atoms with E-state index in [1.54, 1.807) is 0 Å². The summed E-state index contributed by atoms with van der Waals surface area (Å²) in [6.07, 6.45) is 4.03. The molecule has 16 heavy (non-hydrogen) atoms. The Morgan fingerprint density at radius 1 is 1.38 bits per heavy atom. The van der Waals surface area contributed by atoms with E-state index in [-0.39, 0.29) is 0 Å². The molecule has 2 fully saturated rings. The van der Waals surface area contributed by atoms with Crippen molar-refractivity contribution in [1.82, 2.24) is 10.2 Å². The minimum atomic E-state index is 0.344. The van der Waals surface area contributed by atoms with E-state index in [9.17, 15) is 0 Å². The van der Waals surface area contributed by atoms with Crippen LogP contribution < -0.4 is 5.32 Å². The van der Waals surface area contributed by atoms with Gasteiger partial charge in [-0.05, 0) is 44.6 Å². The van der Waals surface area contributed by atoms with Crippen molar-refractivity contribution >= 4 is 11.8 Å². The molecule has 0 bridgehead atoms. The Bertz CT molecular complexity index is 228. The zero-order valence-corrected chi connectivity index (χ0v) is 11.8. The number of rotatable bonds is 2.